The van der Waals surface area contributed by atoms with E-state index in [0.717, 1.165) is 37.5 Å². The van der Waals surface area contributed by atoms with Gasteiger partial charge in [0.15, 0.2) is 0 Å². The van der Waals surface area contributed by atoms with Crippen LogP contribution >= 0.6 is 0 Å². The number of benzene rings is 1. The maximum Gasteiger partial charge on any atom is 0.231 e. The van der Waals surface area contributed by atoms with Crippen LogP contribution in [0.2, 0.25) is 0 Å². The number of nitrogens with zero attached hydrogens (tertiary/aromatic N) is 1. The van der Waals surface area contributed by atoms with E-state index in [1.54, 1.807) is 0 Å². The molecule has 2 heterocycles. The number of likely N-dealkylation sites (tertiary alicyclic amines) is 1. The molecule has 4 nitrogen and oxygen atoms in total. The van der Waals surface area contributed by atoms with Gasteiger partial charge >= 0.3 is 0 Å². The third-order valence-electron chi connectivity index (χ3n) is 4.40. The van der Waals surface area contributed by atoms with Gasteiger partial charge in [-0.05, 0) is 31.5 Å². The smallest absolute Gasteiger partial charge is 0.231 e. The molecule has 2 unspecified atom stereocenters. The van der Waals surface area contributed by atoms with Crippen LogP contribution in [0.4, 0.5) is 0 Å². The molecule has 1 aromatic rings. The van der Waals surface area contributed by atoms with E-state index in [0.29, 0.717) is 12.5 Å². The van der Waals surface area contributed by atoms with E-state index < -0.39 is 0 Å². The lowest BCUT2D eigenvalue weighted by Gasteiger charge is -2.15. The Labute approximate surface area is 120 Å². The Balaban J connectivity index is 1.53. The van der Waals surface area contributed by atoms with Crippen LogP contribution in [0.1, 0.15) is 24.8 Å². The van der Waals surface area contributed by atoms with Crippen molar-refractivity contribution in [3.63, 3.8) is 0 Å². The molecule has 1 fully saturated rings. The molecular formula is C16H22N2O2. The third kappa shape index (κ3) is 2.66. The number of rotatable bonds is 4. The van der Waals surface area contributed by atoms with Gasteiger partial charge in [0.05, 0.1) is 0 Å². The molecule has 1 saturated heterocycles. The van der Waals surface area contributed by atoms with Gasteiger partial charge in [0.25, 0.3) is 0 Å². The Bertz CT molecular complexity index is 489. The Morgan fingerprint density at radius 2 is 2.30 bits per heavy atom. The summed E-state index contributed by atoms with van der Waals surface area (Å²) in [6.07, 6.45) is 1.19. The SMILES string of the molecule is CCN1CCC(CNC(=O)C2COc3ccccc32)C1. The number of amides is 1. The number of hydrogen-bond acceptors (Lipinski definition) is 3. The third-order valence-corrected chi connectivity index (χ3v) is 4.40. The Morgan fingerprint density at radius 3 is 3.10 bits per heavy atom. The van der Waals surface area contributed by atoms with Crippen molar-refractivity contribution in [2.75, 3.05) is 32.8 Å². The molecule has 0 aromatic heterocycles. The fraction of sp³-hybridized carbons (Fsp3) is 0.562. The van der Waals surface area contributed by atoms with Crippen molar-refractivity contribution in [2.45, 2.75) is 19.3 Å². The molecular weight excluding hydrogens is 252 g/mol. The van der Waals surface area contributed by atoms with Gasteiger partial charge in [-0.15, -0.1) is 0 Å². The molecule has 2 aliphatic rings. The predicted molar refractivity (Wildman–Crippen MR) is 77.9 cm³/mol. The number of hydrogen-bond donors (Lipinski definition) is 1. The van der Waals surface area contributed by atoms with Crippen LogP contribution in [0.15, 0.2) is 24.3 Å². The van der Waals surface area contributed by atoms with Crippen molar-refractivity contribution in [3.05, 3.63) is 29.8 Å². The average molecular weight is 274 g/mol. The molecule has 0 aliphatic carbocycles. The van der Waals surface area contributed by atoms with Crippen LogP contribution in [0, 0.1) is 5.92 Å². The van der Waals surface area contributed by atoms with Gasteiger partial charge in [0, 0.05) is 18.7 Å². The summed E-state index contributed by atoms with van der Waals surface area (Å²) < 4.78 is 5.57. The van der Waals surface area contributed by atoms with Crippen LogP contribution < -0.4 is 10.1 Å². The summed E-state index contributed by atoms with van der Waals surface area (Å²) in [6, 6.07) is 7.82. The zero-order valence-electron chi connectivity index (χ0n) is 12.0. The highest BCUT2D eigenvalue weighted by molar-refractivity contribution is 5.85. The zero-order chi connectivity index (χ0) is 13.9. The summed E-state index contributed by atoms with van der Waals surface area (Å²) in [6.45, 7) is 6.81. The first-order valence-electron chi connectivity index (χ1n) is 7.49. The molecule has 0 saturated carbocycles. The zero-order valence-corrected chi connectivity index (χ0v) is 12.0. The van der Waals surface area contributed by atoms with Crippen molar-refractivity contribution in [3.8, 4) is 5.75 Å². The van der Waals surface area contributed by atoms with Gasteiger partial charge in [0.2, 0.25) is 5.91 Å². The molecule has 108 valence electrons. The molecule has 0 spiro atoms. The first kappa shape index (κ1) is 13.4. The summed E-state index contributed by atoms with van der Waals surface area (Å²) in [5, 5.41) is 3.11. The Hall–Kier alpha value is -1.55. The Kier molecular flexibility index (Phi) is 3.92. The lowest BCUT2D eigenvalue weighted by atomic mass is 10.00. The van der Waals surface area contributed by atoms with E-state index in [1.807, 2.05) is 24.3 Å². The molecule has 1 N–H and O–H groups in total. The molecule has 3 rings (SSSR count). The molecule has 4 heteroatoms. The van der Waals surface area contributed by atoms with Gasteiger partial charge in [0.1, 0.15) is 18.3 Å². The number of fused-ring (bicyclic) bond motifs is 1. The maximum atomic E-state index is 12.3. The monoisotopic (exact) mass is 274 g/mol. The lowest BCUT2D eigenvalue weighted by Crippen LogP contribution is -2.35. The molecule has 2 aliphatic heterocycles. The van der Waals surface area contributed by atoms with Crippen molar-refractivity contribution in [1.29, 1.82) is 0 Å². The second-order valence-corrected chi connectivity index (χ2v) is 5.69. The first-order chi connectivity index (χ1) is 9.78. The van der Waals surface area contributed by atoms with Gasteiger partial charge in [-0.1, -0.05) is 25.1 Å². The summed E-state index contributed by atoms with van der Waals surface area (Å²) in [5.74, 6) is 1.40. The second-order valence-electron chi connectivity index (χ2n) is 5.69. The minimum absolute atomic E-state index is 0.102. The highest BCUT2D eigenvalue weighted by Crippen LogP contribution is 2.33. The predicted octanol–water partition coefficient (Wildman–Crippen LogP) is 1.62. The van der Waals surface area contributed by atoms with Crippen LogP contribution in [-0.4, -0.2) is 43.6 Å². The fourth-order valence-corrected chi connectivity index (χ4v) is 3.11. The molecule has 0 radical (unpaired) electrons. The van der Waals surface area contributed by atoms with E-state index in [9.17, 15) is 4.79 Å². The maximum absolute atomic E-state index is 12.3. The lowest BCUT2D eigenvalue weighted by molar-refractivity contribution is -0.122. The summed E-state index contributed by atoms with van der Waals surface area (Å²) in [4.78, 5) is 14.7. The van der Waals surface area contributed by atoms with Crippen LogP contribution in [-0.2, 0) is 4.79 Å². The molecule has 20 heavy (non-hydrogen) atoms. The Morgan fingerprint density at radius 1 is 1.45 bits per heavy atom. The normalized spacial score (nSPS) is 25.2. The first-order valence-corrected chi connectivity index (χ1v) is 7.49. The summed E-state index contributed by atoms with van der Waals surface area (Å²) in [7, 11) is 0. The number of ether oxygens (including phenoxy) is 1. The average Bonchev–Trinajstić information content (AvgIpc) is 3.11. The minimum atomic E-state index is -0.144. The van der Waals surface area contributed by atoms with Gasteiger partial charge in [-0.25, -0.2) is 0 Å². The van der Waals surface area contributed by atoms with Crippen LogP contribution in [0.5, 0.6) is 5.75 Å². The number of para-hydroxylation sites is 1. The van der Waals surface area contributed by atoms with Crippen molar-refractivity contribution in [2.24, 2.45) is 5.92 Å². The topological polar surface area (TPSA) is 41.6 Å². The van der Waals surface area contributed by atoms with E-state index in [2.05, 4.69) is 17.1 Å². The van der Waals surface area contributed by atoms with E-state index >= 15 is 0 Å². The highest BCUT2D eigenvalue weighted by atomic mass is 16.5. The second kappa shape index (κ2) is 5.83. The number of carbonyl (C=O) groups excluding carboxylic acids is 1. The standard InChI is InChI=1S/C16H22N2O2/c1-2-18-8-7-12(10-18)9-17-16(19)14-11-20-15-6-4-3-5-13(14)15/h3-6,12,14H,2,7-11H2,1H3,(H,17,19). The summed E-state index contributed by atoms with van der Waals surface area (Å²) >= 11 is 0. The fourth-order valence-electron chi connectivity index (χ4n) is 3.11. The van der Waals surface area contributed by atoms with Gasteiger partial charge < -0.3 is 15.0 Å². The van der Waals surface area contributed by atoms with Crippen molar-refractivity contribution < 1.29 is 9.53 Å². The number of nitrogens with one attached hydrogen (secondary N) is 1. The molecule has 1 amide bonds. The molecule has 0 bridgehead atoms. The van der Waals surface area contributed by atoms with Crippen LogP contribution in [0.25, 0.3) is 0 Å². The highest BCUT2D eigenvalue weighted by Gasteiger charge is 2.30. The van der Waals surface area contributed by atoms with Crippen molar-refractivity contribution >= 4 is 5.91 Å². The molecule has 2 atom stereocenters. The number of carbonyl (C=O) groups is 1. The molecule has 1 aromatic carbocycles. The van der Waals surface area contributed by atoms with Crippen LogP contribution in [0.3, 0.4) is 0 Å². The van der Waals surface area contributed by atoms with Gasteiger partial charge in [-0.3, -0.25) is 4.79 Å². The minimum Gasteiger partial charge on any atom is -0.492 e. The van der Waals surface area contributed by atoms with Gasteiger partial charge in [-0.2, -0.15) is 0 Å². The van der Waals surface area contributed by atoms with E-state index in [1.165, 1.54) is 6.42 Å². The van der Waals surface area contributed by atoms with E-state index in [-0.39, 0.29) is 11.8 Å². The quantitative estimate of drug-likeness (QED) is 0.907. The largest absolute Gasteiger partial charge is 0.492 e. The van der Waals surface area contributed by atoms with Crippen molar-refractivity contribution in [1.82, 2.24) is 10.2 Å². The van der Waals surface area contributed by atoms with E-state index in [4.69, 9.17) is 4.74 Å². The summed E-state index contributed by atoms with van der Waals surface area (Å²) in [5.41, 5.74) is 1.02.